The highest BCUT2D eigenvalue weighted by atomic mass is 32.2. The quantitative estimate of drug-likeness (QED) is 0.0112. The monoisotopic (exact) mass is 1770 g/mol. The SMILES string of the molecule is CC1(C)CC=C(c2ccccc2)c2cc(C(=O)Cc3ccc(C(=O)O)cc3)ccc21.CCCCCCCOc1cc2c(cc1/C(C)=C/C=C/C(C)=C/C(=O)O)C(C)(C)CCS2(=O)=O.CCCCCCCOc1cc2c(cc1/C(C)=C/c1ccc(C(=O)O)cc1)C(C)(C)CCS2(=O)=O.Cc1ccc(NC(=O)c2ccc3c(c2)C(c2cnc4ccccc4c2)=CCC3(C)C)cc1. The Labute approximate surface area is 763 Å². The number of aliphatic carboxylic acids is 1. The van der Waals surface area contributed by atoms with Crippen LogP contribution in [-0.2, 0) is 52.5 Å². The lowest BCUT2D eigenvalue weighted by atomic mass is 9.71. The fourth-order valence-corrected chi connectivity index (χ4v) is 20.7. The summed E-state index contributed by atoms with van der Waals surface area (Å²) in [6.45, 7) is 30.5. The maximum atomic E-state index is 13.0. The summed E-state index contributed by atoms with van der Waals surface area (Å²) in [5.74, 6) is -1.51. The fraction of sp³-hybridized carbons (Fsp3) is 0.333. The molecule has 0 fully saturated rings. The van der Waals surface area contributed by atoms with Crippen LogP contribution in [0.4, 0.5) is 5.69 Å². The molecule has 0 bridgehead atoms. The number of ketones is 1. The first-order valence-corrected chi connectivity index (χ1v) is 48.3. The lowest BCUT2D eigenvalue weighted by molar-refractivity contribution is -0.131. The number of carbonyl (C=O) groups excluding carboxylic acids is 2. The van der Waals surface area contributed by atoms with E-state index in [0.717, 1.165) is 139 Å². The Bertz CT molecular complexity index is 6220. The number of ether oxygens (including phenoxy) is 2. The molecule has 1 amide bonds. The van der Waals surface area contributed by atoms with Crippen LogP contribution in [-0.4, -0.2) is 91.5 Å². The van der Waals surface area contributed by atoms with Crippen LogP contribution in [0, 0.1) is 6.92 Å². The van der Waals surface area contributed by atoms with Crippen molar-refractivity contribution in [3.63, 3.8) is 0 Å². The Morgan fingerprint density at radius 3 is 1.50 bits per heavy atom. The molecule has 4 N–H and O–H groups in total. The molecule has 3 heterocycles. The summed E-state index contributed by atoms with van der Waals surface area (Å²) >= 11 is 0. The van der Waals surface area contributed by atoms with Crippen molar-refractivity contribution in [1.29, 1.82) is 0 Å². The van der Waals surface area contributed by atoms with Gasteiger partial charge in [-0.3, -0.25) is 14.6 Å². The van der Waals surface area contributed by atoms with E-state index in [4.69, 9.17) is 24.8 Å². The number of nitrogens with zero attached hydrogens (tertiary/aromatic N) is 1. The number of hydrogen-bond donors (Lipinski definition) is 4. The summed E-state index contributed by atoms with van der Waals surface area (Å²) in [5, 5.41) is 31.2. The van der Waals surface area contributed by atoms with Crippen LogP contribution >= 0.6 is 0 Å². The highest BCUT2D eigenvalue weighted by Crippen LogP contribution is 2.48. The second kappa shape index (κ2) is 42.9. The van der Waals surface area contributed by atoms with Crippen LogP contribution in [0.15, 0.2) is 252 Å². The number of carboxylic acids is 3. The van der Waals surface area contributed by atoms with Crippen LogP contribution in [0.25, 0.3) is 39.3 Å². The highest BCUT2D eigenvalue weighted by Gasteiger charge is 2.39. The molecule has 16 nitrogen and oxygen atoms in total. The van der Waals surface area contributed by atoms with Gasteiger partial charge in [0, 0.05) is 57.6 Å². The van der Waals surface area contributed by atoms with Crippen molar-refractivity contribution in [3.05, 3.63) is 337 Å². The van der Waals surface area contributed by atoms with E-state index >= 15 is 0 Å². The van der Waals surface area contributed by atoms with Crippen LogP contribution in [0.5, 0.6) is 11.5 Å². The number of nitrogens with one attached hydrogen (secondary N) is 1. The third kappa shape index (κ3) is 25.3. The first-order chi connectivity index (χ1) is 61.3. The Balaban J connectivity index is 0.000000167. The van der Waals surface area contributed by atoms with E-state index in [1.54, 1.807) is 67.6 Å². The van der Waals surface area contributed by atoms with Crippen molar-refractivity contribution >= 4 is 94.2 Å². The van der Waals surface area contributed by atoms with Crippen molar-refractivity contribution in [2.75, 3.05) is 30.0 Å². The number of hydrogen-bond acceptors (Lipinski definition) is 12. The second-order valence-electron chi connectivity index (χ2n) is 36.9. The average molecular weight is 1770 g/mol. The molecule has 2 aliphatic carbocycles. The normalized spacial score (nSPS) is 15.9. The minimum atomic E-state index is -3.35. The van der Waals surface area contributed by atoms with Crippen LogP contribution in [0.1, 0.15) is 294 Å². The number of para-hydroxylation sites is 1. The van der Waals surface area contributed by atoms with E-state index in [9.17, 15) is 40.8 Å². The Morgan fingerprint density at radius 2 is 0.969 bits per heavy atom. The number of aryl methyl sites for hydroxylation is 1. The third-order valence-electron chi connectivity index (χ3n) is 24.9. The summed E-state index contributed by atoms with van der Waals surface area (Å²) in [6, 6.07) is 61.2. The molecule has 0 radical (unpaired) electrons. The molecule has 0 unspecified atom stereocenters. The number of aromatic carboxylic acids is 2. The smallest absolute Gasteiger partial charge is 0.335 e. The molecule has 0 saturated carbocycles. The zero-order valence-corrected chi connectivity index (χ0v) is 78.8. The number of sulfone groups is 2. The fourth-order valence-electron chi connectivity index (χ4n) is 16.8. The summed E-state index contributed by atoms with van der Waals surface area (Å²) in [5.41, 5.74) is 21.1. The number of rotatable bonds is 29. The highest BCUT2D eigenvalue weighted by molar-refractivity contribution is 7.91. The van der Waals surface area contributed by atoms with Crippen LogP contribution in [0.3, 0.4) is 0 Å². The van der Waals surface area contributed by atoms with Crippen molar-refractivity contribution in [1.82, 2.24) is 4.98 Å². The van der Waals surface area contributed by atoms with Gasteiger partial charge in [-0.25, -0.2) is 31.2 Å². The van der Waals surface area contributed by atoms with Gasteiger partial charge in [-0.2, -0.15) is 0 Å². The molecule has 14 rings (SSSR count). The predicted molar refractivity (Wildman–Crippen MR) is 523 cm³/mol. The first kappa shape index (κ1) is 97.5. The van der Waals surface area contributed by atoms with E-state index in [0.29, 0.717) is 64.0 Å². The average Bonchev–Trinajstić information content (AvgIpc) is 0.749. The molecule has 2 aliphatic heterocycles. The van der Waals surface area contributed by atoms with Gasteiger partial charge >= 0.3 is 17.9 Å². The van der Waals surface area contributed by atoms with Gasteiger partial charge in [0.05, 0.1) is 51.2 Å². The molecule has 0 spiro atoms. The maximum absolute atomic E-state index is 13.0. The van der Waals surface area contributed by atoms with Gasteiger partial charge in [0.15, 0.2) is 25.5 Å². The number of anilines is 1. The number of benzene rings is 9. The number of Topliss-reactive ketones (excluding diaryl/α,β-unsaturated/α-hetero) is 1. The van der Waals surface area contributed by atoms with Crippen LogP contribution < -0.4 is 14.8 Å². The molecule has 674 valence electrons. The van der Waals surface area contributed by atoms with E-state index in [2.05, 4.69) is 128 Å². The zero-order chi connectivity index (χ0) is 93.2. The molecule has 129 heavy (non-hydrogen) atoms. The molecule has 18 heteroatoms. The molecule has 9 aromatic carbocycles. The molecule has 1 aromatic heterocycles. The summed E-state index contributed by atoms with van der Waals surface area (Å²) in [6.07, 6.45) is 29.5. The number of allylic oxidation sites excluding steroid dienone is 8. The largest absolute Gasteiger partial charge is 0.493 e. The Kier molecular flexibility index (Phi) is 32.4. The van der Waals surface area contributed by atoms with E-state index < -0.39 is 37.6 Å². The number of aromatic nitrogens is 1. The van der Waals surface area contributed by atoms with Gasteiger partial charge < -0.3 is 30.1 Å². The molecular formula is C111H124N2O14S2. The lowest BCUT2D eigenvalue weighted by Gasteiger charge is -2.33. The van der Waals surface area contributed by atoms with E-state index in [-0.39, 0.29) is 62.4 Å². The first-order valence-electron chi connectivity index (χ1n) is 45.0. The third-order valence-corrected chi connectivity index (χ3v) is 28.4. The molecular weight excluding hydrogens is 1650 g/mol. The maximum Gasteiger partial charge on any atom is 0.335 e. The second-order valence-corrected chi connectivity index (χ2v) is 41.1. The topological polar surface area (TPSA) is 258 Å². The molecule has 0 saturated heterocycles. The number of fused-ring (bicyclic) bond motifs is 5. The van der Waals surface area contributed by atoms with Gasteiger partial charge in [0.25, 0.3) is 5.91 Å². The van der Waals surface area contributed by atoms with Gasteiger partial charge in [-0.15, -0.1) is 0 Å². The number of amides is 1. The number of unbranched alkanes of at least 4 members (excludes halogenated alkanes) is 8. The predicted octanol–water partition coefficient (Wildman–Crippen LogP) is 26.1. The van der Waals surface area contributed by atoms with Crippen molar-refractivity contribution in [3.8, 4) is 11.5 Å². The molecule has 0 atom stereocenters. The summed E-state index contributed by atoms with van der Waals surface area (Å²) in [7, 11) is -6.68. The number of carboxylic acid groups (broad SMARTS) is 3. The molecule has 4 aliphatic rings. The van der Waals surface area contributed by atoms with Crippen molar-refractivity contribution in [2.24, 2.45) is 0 Å². The summed E-state index contributed by atoms with van der Waals surface area (Å²) in [4.78, 5) is 64.4. The van der Waals surface area contributed by atoms with Gasteiger partial charge in [0.1, 0.15) is 11.5 Å². The number of pyridine rings is 1. The lowest BCUT2D eigenvalue weighted by Crippen LogP contribution is -2.30. The van der Waals surface area contributed by atoms with Crippen molar-refractivity contribution in [2.45, 2.75) is 225 Å². The minimum absolute atomic E-state index is 0.00900. The van der Waals surface area contributed by atoms with Crippen molar-refractivity contribution < 1.29 is 65.6 Å². The Hall–Kier alpha value is -12.1. The van der Waals surface area contributed by atoms with Gasteiger partial charge in [-0.1, -0.05) is 266 Å². The zero-order valence-electron chi connectivity index (χ0n) is 77.1. The Morgan fingerprint density at radius 1 is 0.488 bits per heavy atom. The molecule has 10 aromatic rings. The standard InChI is InChI=1S/C29H26N2O.C28H36O5S.C27H38O5S.C27H24O3/c1-19-8-11-23(12-9-19)31-28(32)21-10-13-26-25(17-21)24(14-15-29(26,2)3)22-16-20-6-4-5-7-27(20)30-18-22;1-5-6-7-8-9-15-33-25-19-26-24(28(3,4)14-16-34(26,31)32)18-23(25)20(2)17-21-10-12-22(13-11-21)27(29)30;1-6-7-8-9-10-15-32-24-19-25-23(27(4,5)14-16-33(25,30)31)18-22(24)21(3)13-11-12-20(2)17-26(28)29;1-27(2)15-14-22(19-6-4-3-5-7-19)23-17-21(12-13-24(23)27)25(28)16-18-8-10-20(11-9-18)26(29)30/h4-14,16-18H,15H2,1-3H3,(H,31,32);10-13,17-19H,5-9,14-16H2,1-4H3,(H,29,30);11-13,17-19H,6-10,14-16H2,1-5H3,(H,28,29);3-14,17H,15-16H2,1-2H3,(H,29,30)/b;20-17+;12-11+,20-17+,21-13+;. The summed E-state index contributed by atoms with van der Waals surface area (Å²) < 4.78 is 63.8. The number of carbonyl (C=O) groups is 5. The van der Waals surface area contributed by atoms with E-state index in [1.165, 1.54) is 67.4 Å². The van der Waals surface area contributed by atoms with Gasteiger partial charge in [-0.05, 0) is 257 Å². The van der Waals surface area contributed by atoms with Gasteiger partial charge in [0.2, 0.25) is 0 Å². The van der Waals surface area contributed by atoms with Crippen LogP contribution in [0.2, 0.25) is 0 Å². The minimum Gasteiger partial charge on any atom is -0.493 e. The van der Waals surface area contributed by atoms with E-state index in [1.807, 2.05) is 136 Å².